The molecular formula is C21H44BO2. The maximum atomic E-state index is 6.20. The molecule has 3 heteroatoms. The van der Waals surface area contributed by atoms with Crippen LogP contribution in [-0.4, -0.2) is 31.7 Å². The van der Waals surface area contributed by atoms with E-state index in [-0.39, 0.29) is 21.9 Å². The minimum absolute atomic E-state index is 0.0214. The average molecular weight is 339 g/mol. The van der Waals surface area contributed by atoms with Gasteiger partial charge in [0, 0.05) is 13.2 Å². The van der Waals surface area contributed by atoms with Gasteiger partial charge in [0.15, 0.2) is 0 Å². The molecule has 0 amide bonds. The van der Waals surface area contributed by atoms with Crippen molar-refractivity contribution < 1.29 is 9.47 Å². The normalized spacial score (nSPS) is 14.1. The molecule has 24 heavy (non-hydrogen) atoms. The van der Waals surface area contributed by atoms with E-state index in [0.717, 1.165) is 38.8 Å². The first-order valence-electron chi connectivity index (χ1n) is 9.85. The van der Waals surface area contributed by atoms with E-state index in [2.05, 4.69) is 76.5 Å². The molecule has 0 aromatic heterocycles. The van der Waals surface area contributed by atoms with E-state index in [1.165, 1.54) is 6.42 Å². The van der Waals surface area contributed by atoms with Gasteiger partial charge in [-0.3, -0.25) is 0 Å². The molecule has 0 fully saturated rings. The van der Waals surface area contributed by atoms with Crippen LogP contribution in [0.3, 0.4) is 0 Å². The molecule has 0 N–H and O–H groups in total. The maximum absolute atomic E-state index is 6.20. The number of hydrogen-bond donors (Lipinski definition) is 0. The molecule has 0 saturated heterocycles. The molecule has 0 heterocycles. The molecule has 0 aromatic carbocycles. The summed E-state index contributed by atoms with van der Waals surface area (Å²) in [7, 11) is 2.45. The topological polar surface area (TPSA) is 18.5 Å². The first-order valence-corrected chi connectivity index (χ1v) is 9.85. The Bertz CT molecular complexity index is 340. The number of rotatable bonds is 12. The first-order chi connectivity index (χ1) is 10.7. The lowest BCUT2D eigenvalue weighted by Crippen LogP contribution is -2.40. The van der Waals surface area contributed by atoms with Crippen molar-refractivity contribution in [2.45, 2.75) is 118 Å². The number of ether oxygens (including phenoxy) is 2. The van der Waals surface area contributed by atoms with Crippen molar-refractivity contribution in [2.75, 3.05) is 13.2 Å². The van der Waals surface area contributed by atoms with Gasteiger partial charge < -0.3 is 9.47 Å². The van der Waals surface area contributed by atoms with E-state index in [4.69, 9.17) is 9.47 Å². The first kappa shape index (κ1) is 24.0. The smallest absolute Gasteiger partial charge is 0.117 e. The van der Waals surface area contributed by atoms with Crippen LogP contribution in [0.25, 0.3) is 0 Å². The summed E-state index contributed by atoms with van der Waals surface area (Å²) in [6, 6.07) is 0. The van der Waals surface area contributed by atoms with Gasteiger partial charge >= 0.3 is 0 Å². The summed E-state index contributed by atoms with van der Waals surface area (Å²) in [6.07, 6.45) is 5.58. The van der Waals surface area contributed by atoms with Crippen LogP contribution in [-0.2, 0) is 9.47 Å². The summed E-state index contributed by atoms with van der Waals surface area (Å²) in [5, 5.41) is 0.202. The number of unbranched alkanes of at least 4 members (excludes halogenated alkanes) is 1. The molecule has 0 aliphatic heterocycles. The predicted molar refractivity (Wildman–Crippen MR) is 108 cm³/mol. The Morgan fingerprint density at radius 2 is 1.33 bits per heavy atom. The van der Waals surface area contributed by atoms with Crippen LogP contribution in [0.5, 0.6) is 0 Å². The molecule has 0 rings (SSSR count). The van der Waals surface area contributed by atoms with Crippen LogP contribution in [0.2, 0.25) is 11.6 Å². The second-order valence-electron chi connectivity index (χ2n) is 10.1. The van der Waals surface area contributed by atoms with Gasteiger partial charge in [0.2, 0.25) is 0 Å². The van der Waals surface area contributed by atoms with Gasteiger partial charge in [-0.2, -0.15) is 0 Å². The SMILES string of the molecule is CCCCOC(C)(C)CC[B]C(C)(C)CCOC(C)(C)C(C)(C)C. The van der Waals surface area contributed by atoms with Crippen molar-refractivity contribution in [2.24, 2.45) is 5.41 Å². The van der Waals surface area contributed by atoms with Crippen LogP contribution in [0.1, 0.15) is 94.9 Å². The van der Waals surface area contributed by atoms with E-state index in [0.29, 0.717) is 0 Å². The van der Waals surface area contributed by atoms with Gasteiger partial charge in [-0.1, -0.05) is 59.6 Å². The maximum Gasteiger partial charge on any atom is 0.117 e. The van der Waals surface area contributed by atoms with Gasteiger partial charge in [-0.25, -0.2) is 0 Å². The van der Waals surface area contributed by atoms with E-state index < -0.39 is 0 Å². The van der Waals surface area contributed by atoms with Crippen molar-refractivity contribution in [3.05, 3.63) is 0 Å². The zero-order valence-electron chi connectivity index (χ0n) is 18.3. The van der Waals surface area contributed by atoms with Crippen molar-refractivity contribution >= 4 is 7.28 Å². The van der Waals surface area contributed by atoms with Crippen molar-refractivity contribution in [1.29, 1.82) is 0 Å². The summed E-state index contributed by atoms with van der Waals surface area (Å²) < 4.78 is 12.2. The summed E-state index contributed by atoms with van der Waals surface area (Å²) >= 11 is 0. The van der Waals surface area contributed by atoms with Gasteiger partial charge in [0.25, 0.3) is 0 Å². The molecule has 0 aromatic rings. The molecule has 2 nitrogen and oxygen atoms in total. The van der Waals surface area contributed by atoms with E-state index in [1.54, 1.807) is 0 Å². The highest BCUT2D eigenvalue weighted by atomic mass is 16.5. The summed E-state index contributed by atoms with van der Waals surface area (Å²) in [6.45, 7) is 24.0. The standard InChI is InChI=1S/C21H44BO2/c1-11-12-16-23-20(7,8)13-15-22-19(5,6)14-17-24-21(9,10)18(2,3)4/h11-17H2,1-10H3. The molecule has 0 aliphatic carbocycles. The van der Waals surface area contributed by atoms with Crippen molar-refractivity contribution in [1.82, 2.24) is 0 Å². The zero-order valence-corrected chi connectivity index (χ0v) is 18.3. The van der Waals surface area contributed by atoms with E-state index in [9.17, 15) is 0 Å². The summed E-state index contributed by atoms with van der Waals surface area (Å²) in [5.74, 6) is 0. The second kappa shape index (κ2) is 9.62. The fourth-order valence-electron chi connectivity index (χ4n) is 2.26. The van der Waals surface area contributed by atoms with Gasteiger partial charge in [0.05, 0.1) is 11.2 Å². The highest BCUT2D eigenvalue weighted by Crippen LogP contribution is 2.35. The quantitative estimate of drug-likeness (QED) is 0.297. The van der Waals surface area contributed by atoms with Gasteiger partial charge in [-0.05, 0) is 52.4 Å². The Morgan fingerprint density at radius 1 is 0.750 bits per heavy atom. The van der Waals surface area contributed by atoms with Crippen LogP contribution >= 0.6 is 0 Å². The molecule has 1 radical (unpaired) electrons. The molecule has 0 atom stereocenters. The third-order valence-electron chi connectivity index (χ3n) is 5.45. The summed E-state index contributed by atoms with van der Waals surface area (Å²) in [4.78, 5) is 0. The molecule has 0 saturated carbocycles. The molecule has 0 unspecified atom stereocenters. The monoisotopic (exact) mass is 339 g/mol. The molecule has 0 spiro atoms. The number of hydrogen-bond acceptors (Lipinski definition) is 2. The Hall–Kier alpha value is -0.0151. The van der Waals surface area contributed by atoms with E-state index in [1.807, 2.05) is 0 Å². The Labute approximate surface area is 153 Å². The second-order valence-corrected chi connectivity index (χ2v) is 10.1. The minimum atomic E-state index is -0.0990. The molecule has 143 valence electrons. The Morgan fingerprint density at radius 3 is 1.83 bits per heavy atom. The lowest BCUT2D eigenvalue weighted by Gasteiger charge is -2.39. The van der Waals surface area contributed by atoms with Crippen molar-refractivity contribution in [3.8, 4) is 0 Å². The van der Waals surface area contributed by atoms with Crippen LogP contribution in [0.15, 0.2) is 0 Å². The van der Waals surface area contributed by atoms with E-state index >= 15 is 0 Å². The third kappa shape index (κ3) is 10.1. The minimum Gasteiger partial charge on any atom is -0.376 e. The van der Waals surface area contributed by atoms with Crippen LogP contribution < -0.4 is 0 Å². The lowest BCUT2D eigenvalue weighted by atomic mass is 9.50. The van der Waals surface area contributed by atoms with Gasteiger partial charge in [0.1, 0.15) is 7.28 Å². The zero-order chi connectivity index (χ0) is 19.1. The fraction of sp³-hybridized carbons (Fsp3) is 1.00. The Balaban J connectivity index is 4.14. The third-order valence-corrected chi connectivity index (χ3v) is 5.45. The highest BCUT2D eigenvalue weighted by molar-refractivity contribution is 6.39. The van der Waals surface area contributed by atoms with Crippen molar-refractivity contribution in [3.63, 3.8) is 0 Å². The summed E-state index contributed by atoms with van der Waals surface area (Å²) in [5.41, 5.74) is 0.0331. The van der Waals surface area contributed by atoms with Crippen LogP contribution in [0.4, 0.5) is 0 Å². The molecule has 0 bridgehead atoms. The largest absolute Gasteiger partial charge is 0.376 e. The van der Waals surface area contributed by atoms with Crippen LogP contribution in [0, 0.1) is 5.41 Å². The molecule has 0 aliphatic rings. The highest BCUT2D eigenvalue weighted by Gasteiger charge is 2.34. The lowest BCUT2D eigenvalue weighted by molar-refractivity contribution is -0.0924. The molecular weight excluding hydrogens is 295 g/mol. The fourth-order valence-corrected chi connectivity index (χ4v) is 2.26. The average Bonchev–Trinajstić information content (AvgIpc) is 2.36. The predicted octanol–water partition coefficient (Wildman–Crippen LogP) is 6.52. The van der Waals surface area contributed by atoms with Gasteiger partial charge in [-0.15, -0.1) is 0 Å². The Kier molecular flexibility index (Phi) is 9.61.